The van der Waals surface area contributed by atoms with Gasteiger partial charge in [0.2, 0.25) is 0 Å². The first kappa shape index (κ1) is 79.6. The minimum absolute atomic E-state index is 0.00549. The van der Waals surface area contributed by atoms with E-state index in [0.717, 1.165) is 69.2 Å². The van der Waals surface area contributed by atoms with Crippen molar-refractivity contribution in [1.29, 1.82) is 0 Å². The number of nitrogens with zero attached hydrogens (tertiary/aromatic N) is 15. The molecule has 9 aromatic rings. The molecule has 3 saturated carbocycles. The molecule has 0 atom stereocenters. The largest absolute Gasteiger partial charge is 0.417 e. The SMILES string of the molecule is CC#CC(=O)N1CCC2(CC(n3nc(-c4cnn(Cc5cc(F)ccc5C(F)(F)F)c4)c(C(N)=O)c3N)C2)C1.CC#CC(=O)N1CCC2(CC(n3nc(-c4cnn(Cc5ccc(Cl)c(C(F)(F)F)c5)c4)c(C(N)=O)c3N)C2)C1.CC#CC(=O)N1CCC2(CC(n3nc(-c4cnn(Cc5cccc(F)c5F)c4)c(C(N)=O)c3N)C2)C1. The summed E-state index contributed by atoms with van der Waals surface area (Å²) < 4.78 is 130. The summed E-state index contributed by atoms with van der Waals surface area (Å²) in [6, 6.07) is 9.61. The van der Waals surface area contributed by atoms with Crippen molar-refractivity contribution in [2.45, 2.75) is 129 Å². The number of hydrogen-bond acceptors (Lipinski definition) is 15. The summed E-state index contributed by atoms with van der Waals surface area (Å²) >= 11 is 5.72. The highest BCUT2D eigenvalue weighted by atomic mass is 35.5. The van der Waals surface area contributed by atoms with Gasteiger partial charge in [0, 0.05) is 80.1 Å². The molecule has 3 saturated heterocycles. The summed E-state index contributed by atoms with van der Waals surface area (Å²) in [5.41, 5.74) is 36.1. The van der Waals surface area contributed by atoms with Gasteiger partial charge in [-0.3, -0.25) is 42.8 Å². The van der Waals surface area contributed by atoms with E-state index in [1.807, 2.05) is 0 Å². The van der Waals surface area contributed by atoms with Gasteiger partial charge in [-0.25, -0.2) is 27.2 Å². The number of amides is 6. The predicted molar refractivity (Wildman–Crippen MR) is 397 cm³/mol. The van der Waals surface area contributed by atoms with Crippen molar-refractivity contribution in [3.8, 4) is 69.3 Å². The number of alkyl halides is 6. The van der Waals surface area contributed by atoms with Crippen LogP contribution in [0.2, 0.25) is 5.02 Å². The minimum Gasteiger partial charge on any atom is -0.383 e. The highest BCUT2D eigenvalue weighted by Gasteiger charge is 2.54. The van der Waals surface area contributed by atoms with Gasteiger partial charge in [0.25, 0.3) is 35.4 Å². The monoisotopic (exact) mass is 1600 g/mol. The molecule has 3 aliphatic heterocycles. The number of hydrogen-bond donors (Lipinski definition) is 6. The van der Waals surface area contributed by atoms with E-state index in [2.05, 4.69) is 66.1 Å². The zero-order valence-electron chi connectivity index (χ0n) is 61.5. The van der Waals surface area contributed by atoms with Crippen LogP contribution in [0.1, 0.15) is 156 Å². The van der Waals surface area contributed by atoms with Crippen LogP contribution in [0.15, 0.2) is 91.8 Å². The Labute approximate surface area is 650 Å². The molecule has 27 nitrogen and oxygen atoms in total. The van der Waals surface area contributed by atoms with Gasteiger partial charge < -0.3 is 49.1 Å². The van der Waals surface area contributed by atoms with Gasteiger partial charge in [-0.05, 0) is 160 Å². The molecule has 6 fully saturated rings. The quantitative estimate of drug-likeness (QED) is 0.0411. The van der Waals surface area contributed by atoms with E-state index in [-0.39, 0.29) is 139 Å². The van der Waals surface area contributed by atoms with E-state index in [1.165, 1.54) is 63.1 Å². The maximum absolute atomic E-state index is 14.1. The van der Waals surface area contributed by atoms with Gasteiger partial charge in [0.15, 0.2) is 11.6 Å². The molecular formula is C77H75ClF9N21O6. The normalized spacial score (nSPS) is 20.6. The van der Waals surface area contributed by atoms with E-state index < -0.39 is 58.7 Å². The zero-order valence-corrected chi connectivity index (χ0v) is 62.3. The number of halogens is 10. The second kappa shape index (κ2) is 30.9. The summed E-state index contributed by atoms with van der Waals surface area (Å²) in [6.07, 6.45) is 6.50. The van der Waals surface area contributed by atoms with E-state index >= 15 is 0 Å². The molecule has 9 heterocycles. The number of benzene rings is 3. The fourth-order valence-electron chi connectivity index (χ4n) is 16.5. The molecule has 3 aliphatic carbocycles. The summed E-state index contributed by atoms with van der Waals surface area (Å²) in [4.78, 5) is 78.6. The molecule has 3 spiro atoms. The summed E-state index contributed by atoms with van der Waals surface area (Å²) in [7, 11) is 0. The van der Waals surface area contributed by atoms with Crippen molar-refractivity contribution in [3.63, 3.8) is 0 Å². The molecule has 0 radical (unpaired) electrons. The number of carbonyl (C=O) groups is 6. The van der Waals surface area contributed by atoms with E-state index in [1.54, 1.807) is 61.9 Å². The topological polar surface area (TPSA) is 375 Å². The summed E-state index contributed by atoms with van der Waals surface area (Å²) in [5.74, 6) is 10.5. The van der Waals surface area contributed by atoms with Crippen LogP contribution >= 0.6 is 11.6 Å². The van der Waals surface area contributed by atoms with Crippen LogP contribution in [0.4, 0.5) is 57.0 Å². The van der Waals surface area contributed by atoms with Crippen LogP contribution in [0, 0.1) is 69.2 Å². The molecule has 6 aliphatic rings. The molecule has 3 aromatic carbocycles. The molecule has 0 unspecified atom stereocenters. The summed E-state index contributed by atoms with van der Waals surface area (Å²) in [6.45, 7) is 8.30. The van der Waals surface area contributed by atoms with Crippen LogP contribution in [0.25, 0.3) is 33.8 Å². The average Bonchev–Trinajstić information content (AvgIpc) is 1.59. The third-order valence-corrected chi connectivity index (χ3v) is 22.3. The third-order valence-electron chi connectivity index (χ3n) is 22.0. The number of nitrogen functional groups attached to an aromatic ring is 3. The average molecular weight is 1600 g/mol. The van der Waals surface area contributed by atoms with Gasteiger partial charge in [0.05, 0.1) is 72.5 Å². The van der Waals surface area contributed by atoms with Crippen LogP contribution < -0.4 is 34.4 Å². The minimum atomic E-state index is -4.67. The van der Waals surface area contributed by atoms with Gasteiger partial charge >= 0.3 is 12.4 Å². The number of carbonyl (C=O) groups excluding carboxylic acids is 6. The van der Waals surface area contributed by atoms with Gasteiger partial charge in [-0.2, -0.15) is 56.9 Å². The van der Waals surface area contributed by atoms with Crippen molar-refractivity contribution in [3.05, 3.63) is 159 Å². The lowest BCUT2D eigenvalue weighted by atomic mass is 9.65. The standard InChI is InChI=1S/C26H25ClF3N7O2.C26H25F4N7O2.C25H25F2N7O2/c1-2-3-20(38)35-7-6-25(14-35)9-17(10-25)37-23(31)21(24(32)39)22(34-37)16-11-33-36(13-16)12-15-4-5-19(27)18(8-15)26(28,29)30;1-2-3-20(38)35-7-6-25(14-35)9-18(10-25)37-23(31)21(24(32)39)22(34-37)16-11-33-36(13-16)12-15-8-17(27)4-5-19(15)26(28,29)30;1-2-4-19(35)32-8-7-25(14-32)9-17(10-25)34-23(28)20(24(29)36)22(31-34)16-11-30-33(13-16)12-15-5-3-6-18(26)21(15)27/h4-5,8,11,13,17H,6-7,9-10,12,14,31H2,1H3,(H2,32,39);4-5,8,11,13,18H,6-7,9-10,12,14,31H2,1H3,(H2,32,39);3,5-6,11,13,17H,7-10,12,14,28H2,1H3,(H2,29,36). The molecule has 37 heteroatoms. The number of anilines is 3. The molecule has 6 amide bonds. The van der Waals surface area contributed by atoms with Gasteiger partial charge in [0.1, 0.15) is 57.0 Å². The van der Waals surface area contributed by atoms with Gasteiger partial charge in [-0.1, -0.05) is 47.6 Å². The lowest BCUT2D eigenvalue weighted by Crippen LogP contribution is -2.42. The van der Waals surface area contributed by atoms with Crippen molar-refractivity contribution in [2.24, 2.45) is 33.4 Å². The van der Waals surface area contributed by atoms with Crippen molar-refractivity contribution < 1.29 is 68.3 Å². The van der Waals surface area contributed by atoms with Crippen LogP contribution in [-0.2, 0) is 46.4 Å². The summed E-state index contributed by atoms with van der Waals surface area (Å²) in [5, 5.41) is 25.9. The molecule has 6 aromatic heterocycles. The predicted octanol–water partition coefficient (Wildman–Crippen LogP) is 9.27. The highest BCUT2D eigenvalue weighted by Crippen LogP contribution is 2.58. The van der Waals surface area contributed by atoms with Crippen molar-refractivity contribution in [2.75, 3.05) is 56.5 Å². The molecule has 114 heavy (non-hydrogen) atoms. The van der Waals surface area contributed by atoms with Crippen LogP contribution in [0.3, 0.4) is 0 Å². The lowest BCUT2D eigenvalue weighted by molar-refractivity contribution is -0.138. The molecule has 0 bridgehead atoms. The second-order valence-corrected chi connectivity index (χ2v) is 30.0. The van der Waals surface area contributed by atoms with Crippen molar-refractivity contribution in [1.82, 2.24) is 73.4 Å². The number of likely N-dealkylation sites (tertiary alicyclic amines) is 3. The first-order valence-corrected chi connectivity index (χ1v) is 36.3. The maximum atomic E-state index is 14.1. The fraction of sp³-hybridized carbons (Fsp3) is 0.377. The van der Waals surface area contributed by atoms with Gasteiger partial charge in [-0.15, -0.1) is 0 Å². The Hall–Kier alpha value is -12.5. The number of nitrogens with two attached hydrogens (primary N) is 6. The highest BCUT2D eigenvalue weighted by molar-refractivity contribution is 6.31. The zero-order chi connectivity index (χ0) is 81.8. The smallest absolute Gasteiger partial charge is 0.383 e. The molecular weight excluding hydrogens is 1520 g/mol. The van der Waals surface area contributed by atoms with Crippen molar-refractivity contribution >= 4 is 64.5 Å². The Kier molecular flexibility index (Phi) is 21.5. The Morgan fingerprint density at radius 2 is 0.860 bits per heavy atom. The third kappa shape index (κ3) is 15.9. The molecule has 12 N–H and O–H groups in total. The molecule has 15 rings (SSSR count). The first-order valence-electron chi connectivity index (χ1n) is 35.9. The second-order valence-electron chi connectivity index (χ2n) is 29.6. The number of primary amides is 3. The Morgan fingerprint density at radius 1 is 0.491 bits per heavy atom. The number of rotatable bonds is 15. The Balaban J connectivity index is 0.000000149. The lowest BCUT2D eigenvalue weighted by Gasteiger charge is -2.45. The first-order chi connectivity index (χ1) is 54.0. The van der Waals surface area contributed by atoms with Crippen LogP contribution in [-0.4, -0.2) is 148 Å². The van der Waals surface area contributed by atoms with Crippen LogP contribution in [0.5, 0.6) is 0 Å². The number of aromatic nitrogens is 12. The van der Waals surface area contributed by atoms with E-state index in [0.29, 0.717) is 80.4 Å². The molecule has 594 valence electrons. The Morgan fingerprint density at radius 3 is 1.22 bits per heavy atom. The van der Waals surface area contributed by atoms with E-state index in [9.17, 15) is 68.3 Å². The maximum Gasteiger partial charge on any atom is 0.417 e. The Bertz CT molecular complexity index is 5540. The fourth-order valence-corrected chi connectivity index (χ4v) is 16.7. The van der Waals surface area contributed by atoms with E-state index in [4.69, 9.17) is 46.0 Å².